The summed E-state index contributed by atoms with van der Waals surface area (Å²) in [4.78, 5) is 43.5. The average Bonchev–Trinajstić information content (AvgIpc) is 2.84. The van der Waals surface area contributed by atoms with E-state index in [4.69, 9.17) is 46.9 Å². The molecule has 2 aromatic rings. The Kier molecular flexibility index (Phi) is 12.3. The monoisotopic (exact) mass is 560 g/mol. The zero-order valence-corrected chi connectivity index (χ0v) is 20.8. The highest BCUT2D eigenvalue weighted by molar-refractivity contribution is 6.32. The first-order chi connectivity index (χ1) is 17.7. The lowest BCUT2D eigenvalue weighted by atomic mass is 10.3. The van der Waals surface area contributed by atoms with Crippen LogP contribution in [-0.4, -0.2) is 48.6 Å². The van der Waals surface area contributed by atoms with Gasteiger partial charge in [0.15, 0.2) is 11.5 Å². The number of ether oxygens (including phenoxy) is 5. The number of halogens is 2. The summed E-state index contributed by atoms with van der Waals surface area (Å²) in [6, 6.07) is 6.85. The molecule has 0 radical (unpaired) electrons. The predicted molar refractivity (Wildman–Crippen MR) is 129 cm³/mol. The van der Waals surface area contributed by atoms with Crippen molar-refractivity contribution in [2.75, 3.05) is 26.4 Å². The van der Waals surface area contributed by atoms with E-state index in [0.29, 0.717) is 38.9 Å². The summed E-state index contributed by atoms with van der Waals surface area (Å²) in [6.45, 7) is 1.02. The topological polar surface area (TPSA) is 167 Å². The fourth-order valence-corrected chi connectivity index (χ4v) is 3.06. The van der Waals surface area contributed by atoms with E-state index in [1.165, 1.54) is 12.1 Å². The Balaban J connectivity index is 1.47. The number of hydrogen-bond donors (Lipinski definition) is 0. The third-order valence-corrected chi connectivity index (χ3v) is 5.04. The average molecular weight is 561 g/mol. The quantitative estimate of drug-likeness (QED) is 0.0857. The molecule has 0 N–H and O–H groups in total. The maximum absolute atomic E-state index is 11.7. The number of carbonyl (C=O) groups excluding carboxylic acids is 2. The summed E-state index contributed by atoms with van der Waals surface area (Å²) >= 11 is 11.7. The van der Waals surface area contributed by atoms with Crippen LogP contribution in [0.5, 0.6) is 11.5 Å². The zero-order valence-electron chi connectivity index (χ0n) is 19.3. The number of nitro benzene ring substituents is 2. The lowest BCUT2D eigenvalue weighted by Crippen LogP contribution is -2.12. The second-order valence-corrected chi connectivity index (χ2v) is 7.99. The Morgan fingerprint density at radius 3 is 1.41 bits per heavy atom. The number of nitro groups is 2. The fraction of sp³-hybridized carbons (Fsp3) is 0.364. The fourth-order valence-electron chi connectivity index (χ4n) is 2.64. The Bertz CT molecular complexity index is 1030. The maximum atomic E-state index is 11.7. The van der Waals surface area contributed by atoms with Gasteiger partial charge in [0.25, 0.3) is 11.4 Å². The van der Waals surface area contributed by atoms with Crippen LogP contribution in [0.3, 0.4) is 0 Å². The van der Waals surface area contributed by atoms with Crippen molar-refractivity contribution in [1.82, 2.24) is 0 Å². The molecule has 0 fully saturated rings. The maximum Gasteiger partial charge on any atom is 0.513 e. The molecule has 0 aliphatic heterocycles. The Hall–Kier alpha value is -3.68. The van der Waals surface area contributed by atoms with Crippen molar-refractivity contribution < 1.29 is 43.1 Å². The van der Waals surface area contributed by atoms with E-state index in [1.54, 1.807) is 0 Å². The molecule has 37 heavy (non-hydrogen) atoms. The lowest BCUT2D eigenvalue weighted by molar-refractivity contribution is -0.385. The van der Waals surface area contributed by atoms with Crippen molar-refractivity contribution in [2.24, 2.45) is 0 Å². The Morgan fingerprint density at radius 1 is 0.676 bits per heavy atom. The molecule has 0 amide bonds. The predicted octanol–water partition coefficient (Wildman–Crippen LogP) is 6.12. The van der Waals surface area contributed by atoms with Gasteiger partial charge in [0.2, 0.25) is 0 Å². The van der Waals surface area contributed by atoms with Crippen LogP contribution in [-0.2, 0) is 14.2 Å². The molecule has 0 aliphatic carbocycles. The van der Waals surface area contributed by atoms with Crippen LogP contribution in [0.1, 0.15) is 25.7 Å². The molecule has 13 nitrogen and oxygen atoms in total. The Labute approximate surface area is 220 Å². The van der Waals surface area contributed by atoms with Crippen LogP contribution in [0.15, 0.2) is 36.4 Å². The minimum Gasteiger partial charge on any atom is -0.434 e. The van der Waals surface area contributed by atoms with Crippen molar-refractivity contribution in [3.05, 3.63) is 66.7 Å². The Morgan fingerprint density at radius 2 is 1.05 bits per heavy atom. The summed E-state index contributed by atoms with van der Waals surface area (Å²) in [5, 5.41) is 21.2. The summed E-state index contributed by atoms with van der Waals surface area (Å²) < 4.78 is 25.1. The van der Waals surface area contributed by atoms with Gasteiger partial charge in [-0.3, -0.25) is 20.2 Å². The molecule has 15 heteroatoms. The molecule has 0 aromatic heterocycles. The number of non-ortho nitro benzene ring substituents is 2. The number of rotatable bonds is 14. The van der Waals surface area contributed by atoms with E-state index >= 15 is 0 Å². The van der Waals surface area contributed by atoms with Crippen molar-refractivity contribution in [3.8, 4) is 11.5 Å². The number of nitrogens with zero attached hydrogens (tertiary/aromatic N) is 2. The summed E-state index contributed by atoms with van der Waals surface area (Å²) in [6.07, 6.45) is 0.304. The molecule has 0 aliphatic rings. The molecular formula is C22H22Cl2N2O11. The highest BCUT2D eigenvalue weighted by Crippen LogP contribution is 2.30. The summed E-state index contributed by atoms with van der Waals surface area (Å²) in [5.74, 6) is -0.0963. The zero-order chi connectivity index (χ0) is 27.2. The van der Waals surface area contributed by atoms with E-state index in [1.807, 2.05) is 0 Å². The van der Waals surface area contributed by atoms with Crippen LogP contribution < -0.4 is 9.47 Å². The van der Waals surface area contributed by atoms with E-state index in [0.717, 1.165) is 24.3 Å². The first-order valence-electron chi connectivity index (χ1n) is 10.8. The first-order valence-corrected chi connectivity index (χ1v) is 11.6. The third-order valence-electron chi connectivity index (χ3n) is 4.44. The number of hydrogen-bond acceptors (Lipinski definition) is 11. The third kappa shape index (κ3) is 10.9. The molecule has 0 saturated heterocycles. The number of carbonyl (C=O) groups is 2. The molecule has 0 saturated carbocycles. The SMILES string of the molecule is O=C(OCCCCOCCCCOC(=O)Oc1ccc([N+](=O)[O-])cc1Cl)Oc1ccc([N+](=O)[O-])cc1Cl. The lowest BCUT2D eigenvalue weighted by Gasteiger charge is -2.08. The number of benzene rings is 2. The van der Waals surface area contributed by atoms with Crippen LogP contribution in [0.4, 0.5) is 21.0 Å². The highest BCUT2D eigenvalue weighted by Gasteiger charge is 2.15. The van der Waals surface area contributed by atoms with Gasteiger partial charge in [-0.2, -0.15) is 0 Å². The van der Waals surface area contributed by atoms with Crippen molar-refractivity contribution in [1.29, 1.82) is 0 Å². The minimum absolute atomic E-state index is 0.0482. The van der Waals surface area contributed by atoms with E-state index in [2.05, 4.69) is 0 Å². The molecule has 2 aromatic carbocycles. The van der Waals surface area contributed by atoms with Gasteiger partial charge in [-0.1, -0.05) is 23.2 Å². The van der Waals surface area contributed by atoms with Crippen molar-refractivity contribution in [3.63, 3.8) is 0 Å². The smallest absolute Gasteiger partial charge is 0.434 e. The van der Waals surface area contributed by atoms with Gasteiger partial charge in [-0.15, -0.1) is 0 Å². The van der Waals surface area contributed by atoms with Crippen LogP contribution in [0.25, 0.3) is 0 Å². The van der Waals surface area contributed by atoms with Crippen LogP contribution in [0, 0.1) is 20.2 Å². The minimum atomic E-state index is -0.981. The molecule has 0 heterocycles. The van der Waals surface area contributed by atoms with Gasteiger partial charge in [-0.05, 0) is 37.8 Å². The van der Waals surface area contributed by atoms with E-state index in [9.17, 15) is 29.8 Å². The molecule has 200 valence electrons. The van der Waals surface area contributed by atoms with Gasteiger partial charge in [0.05, 0.1) is 33.1 Å². The van der Waals surface area contributed by atoms with Gasteiger partial charge in [-0.25, -0.2) is 9.59 Å². The largest absolute Gasteiger partial charge is 0.513 e. The second kappa shape index (κ2) is 15.4. The van der Waals surface area contributed by atoms with E-state index in [-0.39, 0.29) is 46.1 Å². The van der Waals surface area contributed by atoms with Gasteiger partial charge < -0.3 is 23.7 Å². The normalized spacial score (nSPS) is 10.4. The van der Waals surface area contributed by atoms with Crippen LogP contribution in [0.2, 0.25) is 10.0 Å². The van der Waals surface area contributed by atoms with Crippen LogP contribution >= 0.6 is 23.2 Å². The highest BCUT2D eigenvalue weighted by atomic mass is 35.5. The van der Waals surface area contributed by atoms with Crippen molar-refractivity contribution in [2.45, 2.75) is 25.7 Å². The number of unbranched alkanes of at least 4 members (excludes halogenated alkanes) is 2. The van der Waals surface area contributed by atoms with Gasteiger partial charge >= 0.3 is 12.3 Å². The summed E-state index contributed by atoms with van der Waals surface area (Å²) in [5.41, 5.74) is -0.461. The molecule has 0 spiro atoms. The molecule has 0 bridgehead atoms. The molecular weight excluding hydrogens is 539 g/mol. The van der Waals surface area contributed by atoms with Gasteiger partial charge in [0.1, 0.15) is 0 Å². The van der Waals surface area contributed by atoms with Crippen molar-refractivity contribution >= 4 is 46.9 Å². The molecule has 2 rings (SSSR count). The molecule has 0 unspecified atom stereocenters. The first kappa shape index (κ1) is 29.5. The van der Waals surface area contributed by atoms with E-state index < -0.39 is 22.2 Å². The summed E-state index contributed by atoms with van der Waals surface area (Å²) in [7, 11) is 0. The van der Waals surface area contributed by atoms with Gasteiger partial charge in [0, 0.05) is 37.5 Å². The molecule has 0 atom stereocenters. The second-order valence-electron chi connectivity index (χ2n) is 7.17. The standard InChI is InChI=1S/C22H22Cl2N2O11/c23-17-13-15(25(29)30)5-7-19(17)36-21(27)34-11-3-1-9-33-10-2-4-12-35-22(28)37-20-8-6-16(26(31)32)14-18(20)24/h5-8,13-14H,1-4,9-12H2.